The topological polar surface area (TPSA) is 118 Å². The summed E-state index contributed by atoms with van der Waals surface area (Å²) >= 11 is 0. The largest absolute Gasteiger partial charge is 0.494 e. The lowest BCUT2D eigenvalue weighted by atomic mass is 9.72. The molecule has 0 aromatic carbocycles. The number of rotatable bonds is 18. The van der Waals surface area contributed by atoms with Gasteiger partial charge in [0.15, 0.2) is 12.6 Å². The second-order valence-corrected chi connectivity index (χ2v) is 21.3. The molecule has 12 nitrogen and oxygen atoms in total. The Hall–Kier alpha value is -2.54. The fourth-order valence-corrected chi connectivity index (χ4v) is 13.4. The molecule has 9 rings (SSSR count). The molecule has 9 aliphatic rings. The Kier molecular flexibility index (Phi) is 16.1. The van der Waals surface area contributed by atoms with Crippen molar-refractivity contribution in [3.8, 4) is 0 Å². The van der Waals surface area contributed by atoms with Crippen LogP contribution in [0.2, 0.25) is 0 Å². The Labute approximate surface area is 377 Å². The second-order valence-electron chi connectivity index (χ2n) is 21.3. The van der Waals surface area contributed by atoms with E-state index in [0.717, 1.165) is 107 Å². The Morgan fingerprint density at radius 2 is 1.03 bits per heavy atom. The van der Waals surface area contributed by atoms with Crippen molar-refractivity contribution in [2.75, 3.05) is 39.7 Å². The van der Waals surface area contributed by atoms with E-state index in [1.807, 2.05) is 9.80 Å². The van der Waals surface area contributed by atoms with Crippen LogP contribution in [0.3, 0.4) is 0 Å². The van der Waals surface area contributed by atoms with Crippen molar-refractivity contribution in [2.24, 2.45) is 35.5 Å². The standard InChI is InChI=1S/C51H80N2O10/c1-2-56-34-61-46-25-13-40(14-26-46)39-9-21-44(22-10-39)58-31-48-29-53(51(55)63-48)42-17-5-36(6-18-42)27-35-3-15-41(16-4-35)52-28-47(62-50(52)54)30-57-43-19-7-37(8-20-43)38-11-23-45(24-12-38)59-32-49-33-60-49/h2,30,35-46,48-49H,1,3-29,31-34H2/b47-30-. The minimum absolute atomic E-state index is 0.146. The number of ether oxygens (including phenoxy) is 8. The van der Waals surface area contributed by atoms with E-state index in [2.05, 4.69) is 6.58 Å². The van der Waals surface area contributed by atoms with Gasteiger partial charge in [-0.1, -0.05) is 6.58 Å². The summed E-state index contributed by atoms with van der Waals surface area (Å²) in [4.78, 5) is 30.0. The van der Waals surface area contributed by atoms with Gasteiger partial charge >= 0.3 is 12.2 Å². The van der Waals surface area contributed by atoms with Gasteiger partial charge in [-0.05, 0) is 196 Å². The number of hydrogen-bond acceptors (Lipinski definition) is 10. The highest BCUT2D eigenvalue weighted by Crippen LogP contribution is 2.43. The summed E-state index contributed by atoms with van der Waals surface area (Å²) in [6.07, 6.45) is 33.5. The zero-order valence-corrected chi connectivity index (χ0v) is 38.3. The molecule has 2 unspecified atom stereocenters. The lowest BCUT2D eigenvalue weighted by Crippen LogP contribution is -2.40. The van der Waals surface area contributed by atoms with Gasteiger partial charge in [-0.3, -0.25) is 4.90 Å². The van der Waals surface area contributed by atoms with Crippen molar-refractivity contribution in [1.29, 1.82) is 0 Å². The molecule has 63 heavy (non-hydrogen) atoms. The summed E-state index contributed by atoms with van der Waals surface area (Å²) in [5.74, 6) is 5.33. The van der Waals surface area contributed by atoms with Crippen molar-refractivity contribution in [3.05, 3.63) is 24.9 Å². The van der Waals surface area contributed by atoms with Crippen molar-refractivity contribution >= 4 is 12.2 Å². The number of carbonyl (C=O) groups excluding carboxylic acids is 2. The number of epoxide rings is 1. The van der Waals surface area contributed by atoms with E-state index < -0.39 is 0 Å². The van der Waals surface area contributed by atoms with Gasteiger partial charge in [0.05, 0.1) is 63.6 Å². The van der Waals surface area contributed by atoms with Crippen LogP contribution in [0.15, 0.2) is 24.9 Å². The van der Waals surface area contributed by atoms with E-state index in [-0.39, 0.29) is 42.6 Å². The maximum absolute atomic E-state index is 13.0. The van der Waals surface area contributed by atoms with Crippen LogP contribution in [0.4, 0.5) is 9.59 Å². The van der Waals surface area contributed by atoms with Crippen LogP contribution in [0.25, 0.3) is 0 Å². The maximum atomic E-state index is 13.0. The van der Waals surface area contributed by atoms with Crippen molar-refractivity contribution in [3.63, 3.8) is 0 Å². The highest BCUT2D eigenvalue weighted by molar-refractivity contribution is 5.72. The van der Waals surface area contributed by atoms with Crippen molar-refractivity contribution in [1.82, 2.24) is 9.80 Å². The Bertz CT molecular complexity index is 1480. The highest BCUT2D eigenvalue weighted by Gasteiger charge is 2.41. The molecule has 0 aromatic heterocycles. The normalized spacial score (nSPS) is 40.7. The van der Waals surface area contributed by atoms with Crippen LogP contribution in [0.5, 0.6) is 0 Å². The monoisotopic (exact) mass is 881 g/mol. The van der Waals surface area contributed by atoms with Crippen molar-refractivity contribution in [2.45, 2.75) is 209 Å². The van der Waals surface area contributed by atoms with Crippen LogP contribution in [0, 0.1) is 35.5 Å². The first kappa shape index (κ1) is 45.6. The lowest BCUT2D eigenvalue weighted by molar-refractivity contribution is -0.0778. The molecule has 0 aromatic rings. The summed E-state index contributed by atoms with van der Waals surface area (Å²) in [6.45, 7) is 7.26. The summed E-state index contributed by atoms with van der Waals surface area (Å²) in [5, 5.41) is 0. The molecule has 9 fully saturated rings. The predicted molar refractivity (Wildman–Crippen MR) is 237 cm³/mol. The SMILES string of the molecule is C=COCOC1CCC(C2CCC(OCC3CN(C4CCC(CC5CCC(N6C/C(=C/OC7CCC(C8CCC(OCC9CO9)CC8)CC7)OC6=O)CC5)CC4)C(=O)O3)CC2)CC1. The van der Waals surface area contributed by atoms with Gasteiger partial charge in [0.1, 0.15) is 18.5 Å². The average molecular weight is 881 g/mol. The molecule has 3 aliphatic heterocycles. The van der Waals surface area contributed by atoms with Crippen LogP contribution in [-0.2, 0) is 37.9 Å². The van der Waals surface area contributed by atoms with Crippen LogP contribution >= 0.6 is 0 Å². The van der Waals surface area contributed by atoms with Gasteiger partial charge < -0.3 is 42.8 Å². The summed E-state index contributed by atoms with van der Waals surface area (Å²) in [7, 11) is 0. The maximum Gasteiger partial charge on any atom is 0.415 e. The molecule has 0 radical (unpaired) electrons. The van der Waals surface area contributed by atoms with E-state index >= 15 is 0 Å². The third kappa shape index (κ3) is 12.7. The molecule has 2 amide bonds. The first-order chi connectivity index (χ1) is 30.9. The van der Waals surface area contributed by atoms with Gasteiger partial charge in [0, 0.05) is 12.1 Å². The van der Waals surface area contributed by atoms with Gasteiger partial charge in [-0.2, -0.15) is 0 Å². The average Bonchev–Trinajstić information content (AvgIpc) is 3.98. The Balaban J connectivity index is 0.609. The summed E-state index contributed by atoms with van der Waals surface area (Å²) in [6, 6.07) is 0.534. The van der Waals surface area contributed by atoms with E-state index in [1.165, 1.54) is 103 Å². The molecule has 0 N–H and O–H groups in total. The molecular weight excluding hydrogens is 801 g/mol. The van der Waals surface area contributed by atoms with Crippen LogP contribution in [0.1, 0.15) is 161 Å². The third-order valence-electron chi connectivity index (χ3n) is 17.4. The van der Waals surface area contributed by atoms with Crippen molar-refractivity contribution < 1.29 is 47.5 Å². The zero-order valence-electron chi connectivity index (χ0n) is 38.3. The van der Waals surface area contributed by atoms with E-state index in [4.69, 9.17) is 37.9 Å². The predicted octanol–water partition coefficient (Wildman–Crippen LogP) is 10.4. The molecule has 3 heterocycles. The summed E-state index contributed by atoms with van der Waals surface area (Å²) in [5.41, 5.74) is 0. The zero-order chi connectivity index (χ0) is 43.0. The number of carbonyl (C=O) groups is 2. The van der Waals surface area contributed by atoms with Gasteiger partial charge in [0.2, 0.25) is 0 Å². The molecule has 2 atom stereocenters. The fraction of sp³-hybridized carbons (Fsp3) is 0.882. The third-order valence-corrected chi connectivity index (χ3v) is 17.4. The van der Waals surface area contributed by atoms with Gasteiger partial charge in [-0.25, -0.2) is 9.59 Å². The van der Waals surface area contributed by atoms with Gasteiger partial charge in [-0.15, -0.1) is 0 Å². The minimum atomic E-state index is -0.205. The highest BCUT2D eigenvalue weighted by atomic mass is 16.7. The first-order valence-corrected chi connectivity index (χ1v) is 25.9. The Morgan fingerprint density at radius 3 is 1.54 bits per heavy atom. The van der Waals surface area contributed by atoms with E-state index in [9.17, 15) is 9.59 Å². The van der Waals surface area contributed by atoms with Crippen LogP contribution < -0.4 is 0 Å². The molecule has 0 spiro atoms. The first-order valence-electron chi connectivity index (χ1n) is 25.9. The number of amides is 2. The molecule has 3 saturated heterocycles. The minimum Gasteiger partial charge on any atom is -0.494 e. The quantitative estimate of drug-likeness (QED) is 0.0570. The molecule has 354 valence electrons. The molecule has 0 bridgehead atoms. The van der Waals surface area contributed by atoms with Crippen LogP contribution in [-0.4, -0.2) is 110 Å². The number of hydrogen-bond donors (Lipinski definition) is 0. The smallest absolute Gasteiger partial charge is 0.415 e. The van der Waals surface area contributed by atoms with Gasteiger partial charge in [0.25, 0.3) is 0 Å². The molecule has 6 saturated carbocycles. The lowest BCUT2D eigenvalue weighted by Gasteiger charge is -2.37. The second kappa shape index (κ2) is 22.3. The Morgan fingerprint density at radius 1 is 0.556 bits per heavy atom. The van der Waals surface area contributed by atoms with E-state index in [0.29, 0.717) is 56.5 Å². The van der Waals surface area contributed by atoms with E-state index in [1.54, 1.807) is 6.26 Å². The number of nitrogens with zero attached hydrogens (tertiary/aromatic N) is 2. The fourth-order valence-electron chi connectivity index (χ4n) is 13.4. The molecular formula is C51H80N2O10. The number of cyclic esters (lactones) is 2. The summed E-state index contributed by atoms with van der Waals surface area (Å²) < 4.78 is 46.6. The molecule has 12 heteroatoms. The molecule has 6 aliphatic carbocycles.